The Kier molecular flexibility index (Phi) is 2.18. The third-order valence-electron chi connectivity index (χ3n) is 2.55. The molecule has 72 valence electrons. The molecule has 2 heterocycles. The molecule has 2 rings (SSSR count). The smallest absolute Gasteiger partial charge is 0.324 e. The predicted octanol–water partition coefficient (Wildman–Crippen LogP) is -0.710. The molecule has 0 unspecified atom stereocenters. The fourth-order valence-electron chi connectivity index (χ4n) is 1.87. The Hall–Kier alpha value is -1.10. The second kappa shape index (κ2) is 3.33. The highest BCUT2D eigenvalue weighted by molar-refractivity contribution is 6.02. The molecular weight excluding hydrogens is 170 g/mol. The summed E-state index contributed by atoms with van der Waals surface area (Å²) in [7, 11) is 0. The highest BCUT2D eigenvalue weighted by Gasteiger charge is 2.35. The third kappa shape index (κ3) is 1.51. The molecule has 13 heavy (non-hydrogen) atoms. The van der Waals surface area contributed by atoms with E-state index in [2.05, 4.69) is 10.6 Å². The fourth-order valence-corrected chi connectivity index (χ4v) is 1.87. The summed E-state index contributed by atoms with van der Waals surface area (Å²) < 4.78 is 0. The van der Waals surface area contributed by atoms with Gasteiger partial charge in [0.25, 0.3) is 0 Å². The zero-order valence-electron chi connectivity index (χ0n) is 7.38. The van der Waals surface area contributed by atoms with Crippen molar-refractivity contribution in [1.29, 1.82) is 0 Å². The standard InChI is InChI=1S/C8H13N3O2/c12-7-5-10-8(13)11(7)6-1-3-9-4-2-6/h6,9H,1-5H2,(H,10,13). The lowest BCUT2D eigenvalue weighted by molar-refractivity contribution is -0.126. The summed E-state index contributed by atoms with van der Waals surface area (Å²) in [5, 5.41) is 5.73. The van der Waals surface area contributed by atoms with E-state index in [0.29, 0.717) is 0 Å². The van der Waals surface area contributed by atoms with Gasteiger partial charge in [-0.1, -0.05) is 0 Å². The fraction of sp³-hybridized carbons (Fsp3) is 0.750. The number of amides is 3. The molecule has 0 aromatic heterocycles. The van der Waals surface area contributed by atoms with Crippen LogP contribution in [0.15, 0.2) is 0 Å². The van der Waals surface area contributed by atoms with Gasteiger partial charge in [0.2, 0.25) is 5.91 Å². The average Bonchev–Trinajstić information content (AvgIpc) is 2.48. The van der Waals surface area contributed by atoms with Crippen LogP contribution in [0.4, 0.5) is 4.79 Å². The molecule has 0 bridgehead atoms. The number of urea groups is 1. The Balaban J connectivity index is 2.05. The molecule has 0 atom stereocenters. The maximum atomic E-state index is 11.3. The van der Waals surface area contributed by atoms with Crippen LogP contribution >= 0.6 is 0 Å². The molecule has 0 saturated carbocycles. The summed E-state index contributed by atoms with van der Waals surface area (Å²) in [6, 6.07) is -0.117. The van der Waals surface area contributed by atoms with Crippen molar-refractivity contribution in [3.05, 3.63) is 0 Å². The second-order valence-corrected chi connectivity index (χ2v) is 3.40. The molecule has 0 aromatic rings. The predicted molar refractivity (Wildman–Crippen MR) is 46.1 cm³/mol. The molecular formula is C8H13N3O2. The number of imide groups is 1. The van der Waals surface area contributed by atoms with Crippen molar-refractivity contribution in [3.63, 3.8) is 0 Å². The maximum absolute atomic E-state index is 11.3. The van der Waals surface area contributed by atoms with Crippen LogP contribution < -0.4 is 10.6 Å². The monoisotopic (exact) mass is 183 g/mol. The molecule has 0 aromatic carbocycles. The van der Waals surface area contributed by atoms with Gasteiger partial charge in [0, 0.05) is 6.04 Å². The van der Waals surface area contributed by atoms with E-state index in [1.807, 2.05) is 0 Å². The Morgan fingerprint density at radius 3 is 2.46 bits per heavy atom. The van der Waals surface area contributed by atoms with Gasteiger partial charge in [-0.25, -0.2) is 4.79 Å². The minimum absolute atomic E-state index is 0.0862. The summed E-state index contributed by atoms with van der Waals surface area (Å²) in [6.45, 7) is 1.95. The molecule has 2 saturated heterocycles. The molecule has 0 aliphatic carbocycles. The number of nitrogens with zero attached hydrogens (tertiary/aromatic N) is 1. The van der Waals surface area contributed by atoms with E-state index in [1.54, 1.807) is 0 Å². The van der Waals surface area contributed by atoms with E-state index in [4.69, 9.17) is 0 Å². The first-order valence-corrected chi connectivity index (χ1v) is 4.59. The van der Waals surface area contributed by atoms with Crippen LogP contribution in [0, 0.1) is 0 Å². The molecule has 5 heteroatoms. The minimum atomic E-state index is -0.225. The van der Waals surface area contributed by atoms with Crippen LogP contribution in [-0.4, -0.2) is 42.5 Å². The van der Waals surface area contributed by atoms with Gasteiger partial charge in [-0.2, -0.15) is 0 Å². The summed E-state index contributed by atoms with van der Waals surface area (Å²) in [6.07, 6.45) is 1.75. The number of hydrogen-bond donors (Lipinski definition) is 2. The lowest BCUT2D eigenvalue weighted by Crippen LogP contribution is -2.46. The van der Waals surface area contributed by atoms with Gasteiger partial charge >= 0.3 is 6.03 Å². The SMILES string of the molecule is O=C1CNC(=O)N1C1CCNCC1. The Morgan fingerprint density at radius 2 is 1.92 bits per heavy atom. The van der Waals surface area contributed by atoms with E-state index in [-0.39, 0.29) is 24.5 Å². The first kappa shape index (κ1) is 8.50. The number of rotatable bonds is 1. The van der Waals surface area contributed by atoms with Gasteiger partial charge in [0.15, 0.2) is 0 Å². The van der Waals surface area contributed by atoms with Crippen molar-refractivity contribution < 1.29 is 9.59 Å². The van der Waals surface area contributed by atoms with E-state index >= 15 is 0 Å². The van der Waals surface area contributed by atoms with Crippen molar-refractivity contribution in [3.8, 4) is 0 Å². The average molecular weight is 183 g/mol. The number of hydrogen-bond acceptors (Lipinski definition) is 3. The van der Waals surface area contributed by atoms with Gasteiger partial charge in [0.05, 0.1) is 6.54 Å². The van der Waals surface area contributed by atoms with E-state index in [9.17, 15) is 9.59 Å². The molecule has 3 amide bonds. The highest BCUT2D eigenvalue weighted by Crippen LogP contribution is 2.14. The normalized spacial score (nSPS) is 25.1. The summed E-state index contributed by atoms with van der Waals surface area (Å²) >= 11 is 0. The first-order chi connectivity index (χ1) is 6.29. The van der Waals surface area contributed by atoms with Crippen LogP contribution in [-0.2, 0) is 4.79 Å². The van der Waals surface area contributed by atoms with Crippen LogP contribution in [0.2, 0.25) is 0 Å². The molecule has 2 aliphatic heterocycles. The van der Waals surface area contributed by atoms with Crippen molar-refractivity contribution in [2.75, 3.05) is 19.6 Å². The Morgan fingerprint density at radius 1 is 1.23 bits per heavy atom. The van der Waals surface area contributed by atoms with Crippen molar-refractivity contribution >= 4 is 11.9 Å². The number of nitrogens with one attached hydrogen (secondary N) is 2. The van der Waals surface area contributed by atoms with Crippen molar-refractivity contribution in [2.45, 2.75) is 18.9 Å². The van der Waals surface area contributed by atoms with Crippen LogP contribution in [0.5, 0.6) is 0 Å². The molecule has 5 nitrogen and oxygen atoms in total. The second-order valence-electron chi connectivity index (χ2n) is 3.40. The Labute approximate surface area is 76.5 Å². The van der Waals surface area contributed by atoms with Crippen molar-refractivity contribution in [1.82, 2.24) is 15.5 Å². The topological polar surface area (TPSA) is 61.4 Å². The molecule has 2 aliphatic rings. The van der Waals surface area contributed by atoms with Crippen LogP contribution in [0.25, 0.3) is 0 Å². The Bertz CT molecular complexity index is 220. The third-order valence-corrected chi connectivity index (χ3v) is 2.55. The summed E-state index contributed by atoms with van der Waals surface area (Å²) in [4.78, 5) is 23.9. The molecule has 0 radical (unpaired) electrons. The number of carbonyl (C=O) groups excluding carboxylic acids is 2. The summed E-state index contributed by atoms with van der Waals surface area (Å²) in [5.41, 5.74) is 0. The number of piperidine rings is 1. The maximum Gasteiger partial charge on any atom is 0.324 e. The summed E-state index contributed by atoms with van der Waals surface area (Å²) in [5.74, 6) is -0.0862. The van der Waals surface area contributed by atoms with Crippen LogP contribution in [0.3, 0.4) is 0 Å². The lowest BCUT2D eigenvalue weighted by atomic mass is 10.1. The number of carbonyl (C=O) groups is 2. The van der Waals surface area contributed by atoms with E-state index < -0.39 is 0 Å². The van der Waals surface area contributed by atoms with Crippen molar-refractivity contribution in [2.24, 2.45) is 0 Å². The van der Waals surface area contributed by atoms with Crippen LogP contribution in [0.1, 0.15) is 12.8 Å². The molecule has 0 spiro atoms. The largest absolute Gasteiger partial charge is 0.329 e. The quantitative estimate of drug-likeness (QED) is 0.528. The van der Waals surface area contributed by atoms with Gasteiger partial charge in [-0.15, -0.1) is 0 Å². The van der Waals surface area contributed by atoms with E-state index in [0.717, 1.165) is 25.9 Å². The first-order valence-electron chi connectivity index (χ1n) is 4.59. The van der Waals surface area contributed by atoms with Gasteiger partial charge in [-0.3, -0.25) is 9.69 Å². The van der Waals surface area contributed by atoms with Gasteiger partial charge < -0.3 is 10.6 Å². The zero-order valence-corrected chi connectivity index (χ0v) is 7.38. The highest BCUT2D eigenvalue weighted by atomic mass is 16.2. The zero-order chi connectivity index (χ0) is 9.26. The van der Waals surface area contributed by atoms with Gasteiger partial charge in [-0.05, 0) is 25.9 Å². The molecule has 2 fully saturated rings. The minimum Gasteiger partial charge on any atom is -0.329 e. The van der Waals surface area contributed by atoms with Gasteiger partial charge in [0.1, 0.15) is 0 Å². The molecule has 2 N–H and O–H groups in total. The van der Waals surface area contributed by atoms with E-state index in [1.165, 1.54) is 4.90 Å². The lowest BCUT2D eigenvalue weighted by Gasteiger charge is -2.28.